The first kappa shape index (κ1) is 17.2. The van der Waals surface area contributed by atoms with Crippen LogP contribution in [0.15, 0.2) is 0 Å². The lowest BCUT2D eigenvalue weighted by Crippen LogP contribution is -2.47. The Morgan fingerprint density at radius 2 is 1.50 bits per heavy atom. The molecule has 2 atom stereocenters. The highest BCUT2D eigenvalue weighted by molar-refractivity contribution is 5.73. The number of carboxylic acids is 1. The lowest BCUT2D eigenvalue weighted by molar-refractivity contribution is -0.192. The molecule has 2 fully saturated rings. The first-order valence-electron chi connectivity index (χ1n) is 7.01. The van der Waals surface area contributed by atoms with E-state index in [4.69, 9.17) is 9.90 Å². The standard InChI is InChI=1S/C11H22N2.C2HF3O2/c1-9-3-4-10(2)13(9)11-5-7-12-8-6-11;3-2(4,5)1(6)7/h9-12H,3-8H2,1-2H3;(H,6,7)/t9-,10-;/m1./s1. The number of rotatable bonds is 1. The number of likely N-dealkylation sites (tertiary alicyclic amines) is 1. The second-order valence-corrected chi connectivity index (χ2v) is 5.51. The lowest BCUT2D eigenvalue weighted by atomic mass is 10.0. The smallest absolute Gasteiger partial charge is 0.475 e. The van der Waals surface area contributed by atoms with E-state index < -0.39 is 12.1 Å². The molecule has 0 bridgehead atoms. The van der Waals surface area contributed by atoms with Gasteiger partial charge < -0.3 is 10.4 Å². The predicted octanol–water partition coefficient (Wildman–Crippen LogP) is 2.24. The van der Waals surface area contributed by atoms with Gasteiger partial charge in [-0.15, -0.1) is 0 Å². The molecule has 0 spiro atoms. The van der Waals surface area contributed by atoms with E-state index >= 15 is 0 Å². The summed E-state index contributed by atoms with van der Waals surface area (Å²) in [4.78, 5) is 11.7. The van der Waals surface area contributed by atoms with Crippen LogP contribution in [0.2, 0.25) is 0 Å². The molecule has 2 saturated heterocycles. The normalized spacial score (nSPS) is 28.9. The number of carbonyl (C=O) groups is 1. The Morgan fingerprint density at radius 3 is 1.85 bits per heavy atom. The molecule has 0 radical (unpaired) electrons. The van der Waals surface area contributed by atoms with E-state index in [1.165, 1.54) is 38.8 Å². The Morgan fingerprint density at radius 1 is 1.10 bits per heavy atom. The molecule has 0 aromatic carbocycles. The predicted molar refractivity (Wildman–Crippen MR) is 69.6 cm³/mol. The summed E-state index contributed by atoms with van der Waals surface area (Å²) >= 11 is 0. The number of nitrogens with one attached hydrogen (secondary N) is 1. The van der Waals surface area contributed by atoms with Gasteiger partial charge in [-0.3, -0.25) is 4.90 Å². The maximum absolute atomic E-state index is 10.6. The van der Waals surface area contributed by atoms with Crippen molar-refractivity contribution in [1.29, 1.82) is 0 Å². The van der Waals surface area contributed by atoms with Gasteiger partial charge in [0.15, 0.2) is 0 Å². The van der Waals surface area contributed by atoms with Crippen LogP contribution in [0.25, 0.3) is 0 Å². The zero-order valence-corrected chi connectivity index (χ0v) is 11.9. The molecule has 2 rings (SSSR count). The third kappa shape index (κ3) is 4.94. The van der Waals surface area contributed by atoms with E-state index in [9.17, 15) is 13.2 Å². The maximum Gasteiger partial charge on any atom is 0.490 e. The Hall–Kier alpha value is -0.820. The van der Waals surface area contributed by atoms with Gasteiger partial charge in [-0.2, -0.15) is 13.2 Å². The molecule has 4 nitrogen and oxygen atoms in total. The van der Waals surface area contributed by atoms with Crippen molar-refractivity contribution in [3.63, 3.8) is 0 Å². The summed E-state index contributed by atoms with van der Waals surface area (Å²) in [6.07, 6.45) is 0.444. The number of nitrogens with zero attached hydrogens (tertiary/aromatic N) is 1. The number of alkyl halides is 3. The van der Waals surface area contributed by atoms with Crippen LogP contribution in [0, 0.1) is 0 Å². The molecule has 0 unspecified atom stereocenters. The van der Waals surface area contributed by atoms with E-state index in [0.717, 1.165) is 18.1 Å². The minimum Gasteiger partial charge on any atom is -0.475 e. The fourth-order valence-corrected chi connectivity index (χ4v) is 3.04. The van der Waals surface area contributed by atoms with Crippen LogP contribution in [0.3, 0.4) is 0 Å². The fraction of sp³-hybridized carbons (Fsp3) is 0.923. The topological polar surface area (TPSA) is 52.6 Å². The minimum absolute atomic E-state index is 0.832. The molecular weight excluding hydrogens is 273 g/mol. The monoisotopic (exact) mass is 296 g/mol. The Bertz CT molecular complexity index is 307. The van der Waals surface area contributed by atoms with Gasteiger partial charge in [0, 0.05) is 18.1 Å². The van der Waals surface area contributed by atoms with Gasteiger partial charge in [-0.25, -0.2) is 4.79 Å². The molecule has 118 valence electrons. The van der Waals surface area contributed by atoms with Gasteiger partial charge in [0.25, 0.3) is 0 Å². The van der Waals surface area contributed by atoms with Crippen LogP contribution in [0.5, 0.6) is 0 Å². The summed E-state index contributed by atoms with van der Waals surface area (Å²) in [7, 11) is 0. The highest BCUT2D eigenvalue weighted by Gasteiger charge is 2.38. The molecule has 0 aliphatic carbocycles. The maximum atomic E-state index is 10.6. The zero-order valence-electron chi connectivity index (χ0n) is 11.9. The van der Waals surface area contributed by atoms with E-state index in [1.54, 1.807) is 0 Å². The molecule has 0 aromatic rings. The van der Waals surface area contributed by atoms with Gasteiger partial charge in [0.1, 0.15) is 0 Å². The van der Waals surface area contributed by atoms with Crippen LogP contribution >= 0.6 is 0 Å². The molecule has 7 heteroatoms. The number of halogens is 3. The van der Waals surface area contributed by atoms with E-state index in [0.29, 0.717) is 0 Å². The summed E-state index contributed by atoms with van der Waals surface area (Å²) in [5.74, 6) is -2.76. The molecule has 2 aliphatic rings. The van der Waals surface area contributed by atoms with Crippen molar-refractivity contribution in [2.45, 2.75) is 63.8 Å². The largest absolute Gasteiger partial charge is 0.490 e. The highest BCUT2D eigenvalue weighted by atomic mass is 19.4. The number of aliphatic carboxylic acids is 1. The third-order valence-electron chi connectivity index (χ3n) is 3.99. The summed E-state index contributed by atoms with van der Waals surface area (Å²) in [6, 6.07) is 2.53. The summed E-state index contributed by atoms with van der Waals surface area (Å²) in [6.45, 7) is 7.23. The Labute approximate surface area is 117 Å². The lowest BCUT2D eigenvalue weighted by Gasteiger charge is -2.37. The molecule has 0 saturated carbocycles. The van der Waals surface area contributed by atoms with Gasteiger partial charge in [0.05, 0.1) is 0 Å². The van der Waals surface area contributed by atoms with Crippen LogP contribution < -0.4 is 5.32 Å². The van der Waals surface area contributed by atoms with Crippen molar-refractivity contribution < 1.29 is 23.1 Å². The van der Waals surface area contributed by atoms with Crippen molar-refractivity contribution >= 4 is 5.97 Å². The van der Waals surface area contributed by atoms with Crippen LogP contribution in [0.1, 0.15) is 39.5 Å². The fourth-order valence-electron chi connectivity index (χ4n) is 3.04. The van der Waals surface area contributed by atoms with Crippen molar-refractivity contribution in [3.8, 4) is 0 Å². The average Bonchev–Trinajstić information content (AvgIpc) is 2.70. The third-order valence-corrected chi connectivity index (χ3v) is 3.99. The van der Waals surface area contributed by atoms with E-state index in [-0.39, 0.29) is 0 Å². The van der Waals surface area contributed by atoms with E-state index in [1.807, 2.05) is 0 Å². The summed E-state index contributed by atoms with van der Waals surface area (Å²) < 4.78 is 31.7. The molecule has 2 heterocycles. The number of carboxylic acid groups (broad SMARTS) is 1. The zero-order chi connectivity index (χ0) is 15.3. The van der Waals surface area contributed by atoms with Crippen LogP contribution in [-0.4, -0.2) is 53.4 Å². The quantitative estimate of drug-likeness (QED) is 0.779. The molecular formula is C13H23F3N2O2. The van der Waals surface area contributed by atoms with Crippen molar-refractivity contribution in [1.82, 2.24) is 10.2 Å². The second kappa shape index (κ2) is 7.26. The Balaban J connectivity index is 0.000000246. The van der Waals surface area contributed by atoms with Gasteiger partial charge >= 0.3 is 12.1 Å². The van der Waals surface area contributed by atoms with Crippen molar-refractivity contribution in [2.24, 2.45) is 0 Å². The molecule has 0 aromatic heterocycles. The van der Waals surface area contributed by atoms with Crippen LogP contribution in [-0.2, 0) is 4.79 Å². The summed E-state index contributed by atoms with van der Waals surface area (Å²) in [5.41, 5.74) is 0. The second-order valence-electron chi connectivity index (χ2n) is 5.51. The van der Waals surface area contributed by atoms with Gasteiger partial charge in [-0.1, -0.05) is 0 Å². The number of hydrogen-bond acceptors (Lipinski definition) is 3. The van der Waals surface area contributed by atoms with Crippen molar-refractivity contribution in [3.05, 3.63) is 0 Å². The molecule has 20 heavy (non-hydrogen) atoms. The average molecular weight is 296 g/mol. The van der Waals surface area contributed by atoms with Crippen LogP contribution in [0.4, 0.5) is 13.2 Å². The minimum atomic E-state index is -5.08. The highest BCUT2D eigenvalue weighted by Crippen LogP contribution is 2.28. The van der Waals surface area contributed by atoms with Crippen molar-refractivity contribution in [2.75, 3.05) is 13.1 Å². The first-order valence-corrected chi connectivity index (χ1v) is 7.01. The molecule has 2 N–H and O–H groups in total. The van der Waals surface area contributed by atoms with Gasteiger partial charge in [-0.05, 0) is 52.6 Å². The molecule has 2 aliphatic heterocycles. The number of hydrogen-bond donors (Lipinski definition) is 2. The Kier molecular flexibility index (Phi) is 6.26. The SMILES string of the molecule is C[C@@H]1CC[C@@H](C)N1C1CCNCC1.O=C(O)C(F)(F)F. The molecule has 0 amide bonds. The first-order chi connectivity index (χ1) is 9.23. The number of piperidine rings is 1. The summed E-state index contributed by atoms with van der Waals surface area (Å²) in [5, 5.41) is 10.6. The van der Waals surface area contributed by atoms with Gasteiger partial charge in [0.2, 0.25) is 0 Å². The van der Waals surface area contributed by atoms with E-state index in [2.05, 4.69) is 24.1 Å².